The lowest BCUT2D eigenvalue weighted by molar-refractivity contribution is -0.132. The van der Waals surface area contributed by atoms with E-state index >= 15 is 0 Å². The van der Waals surface area contributed by atoms with E-state index in [0.29, 0.717) is 26.3 Å². The van der Waals surface area contributed by atoms with Crippen molar-refractivity contribution in [3.8, 4) is 0 Å². The van der Waals surface area contributed by atoms with E-state index in [1.165, 1.54) is 5.56 Å². The van der Waals surface area contributed by atoms with Gasteiger partial charge in [0.1, 0.15) is 5.75 Å². The summed E-state index contributed by atoms with van der Waals surface area (Å²) < 4.78 is 30.3. The lowest BCUT2D eigenvalue weighted by atomic mass is 9.84. The van der Waals surface area contributed by atoms with E-state index in [1.807, 2.05) is 13.8 Å². The Morgan fingerprint density at radius 1 is 1.12 bits per heavy atom. The molecule has 1 fully saturated rings. The lowest BCUT2D eigenvalue weighted by Gasteiger charge is -2.27. The van der Waals surface area contributed by atoms with Gasteiger partial charge < -0.3 is 9.64 Å². The molecule has 1 heterocycles. The van der Waals surface area contributed by atoms with Crippen molar-refractivity contribution in [1.29, 1.82) is 0 Å². The van der Waals surface area contributed by atoms with Crippen molar-refractivity contribution in [2.75, 3.05) is 32.1 Å². The minimum absolute atomic E-state index is 0.0131. The van der Waals surface area contributed by atoms with Gasteiger partial charge in [-0.25, -0.2) is 8.42 Å². The normalized spacial score (nSPS) is 16.1. The molecular weight excluding hydrogens is 338 g/mol. The van der Waals surface area contributed by atoms with Gasteiger partial charge in [-0.3, -0.25) is 4.79 Å². The van der Waals surface area contributed by atoms with E-state index < -0.39 is 15.6 Å². The Morgan fingerprint density at radius 3 is 2.12 bits per heavy atom. The highest BCUT2D eigenvalue weighted by atomic mass is 32.2. The van der Waals surface area contributed by atoms with E-state index in [0.717, 1.165) is 16.7 Å². The molecule has 0 radical (unpaired) electrons. The first kappa shape index (κ1) is 19.9. The molecular formula is C19H29NO4S. The van der Waals surface area contributed by atoms with Gasteiger partial charge in [0.2, 0.25) is 5.91 Å². The van der Waals surface area contributed by atoms with E-state index in [9.17, 15) is 13.2 Å². The van der Waals surface area contributed by atoms with Crippen LogP contribution in [0.25, 0.3) is 0 Å². The zero-order valence-corrected chi connectivity index (χ0v) is 16.7. The van der Waals surface area contributed by atoms with Crippen molar-refractivity contribution >= 4 is 15.7 Å². The van der Waals surface area contributed by atoms with Gasteiger partial charge in [-0.05, 0) is 41.5 Å². The van der Waals surface area contributed by atoms with Crippen LogP contribution in [0.4, 0.5) is 0 Å². The molecule has 0 atom stereocenters. The van der Waals surface area contributed by atoms with Crippen molar-refractivity contribution < 1.29 is 17.9 Å². The fourth-order valence-corrected chi connectivity index (χ4v) is 4.57. The number of ether oxygens (including phenoxy) is 1. The molecule has 1 saturated heterocycles. The summed E-state index contributed by atoms with van der Waals surface area (Å²) in [4.78, 5) is 13.8. The Morgan fingerprint density at radius 2 is 1.64 bits per heavy atom. The van der Waals surface area contributed by atoms with Gasteiger partial charge in [0.25, 0.3) is 0 Å². The van der Waals surface area contributed by atoms with Crippen LogP contribution in [0.15, 0.2) is 12.1 Å². The quantitative estimate of drug-likeness (QED) is 0.820. The van der Waals surface area contributed by atoms with Crippen molar-refractivity contribution in [2.45, 2.75) is 45.8 Å². The number of aryl methyl sites for hydroxylation is 2. The molecule has 0 aromatic heterocycles. The van der Waals surface area contributed by atoms with Gasteiger partial charge in [-0.2, -0.15) is 0 Å². The summed E-state index contributed by atoms with van der Waals surface area (Å²) in [5, 5.41) is 0. The van der Waals surface area contributed by atoms with E-state index in [-0.39, 0.29) is 17.1 Å². The van der Waals surface area contributed by atoms with Crippen LogP contribution < -0.4 is 0 Å². The highest BCUT2D eigenvalue weighted by molar-refractivity contribution is 7.91. The van der Waals surface area contributed by atoms with Gasteiger partial charge in [-0.1, -0.05) is 32.9 Å². The summed E-state index contributed by atoms with van der Waals surface area (Å²) in [5.74, 6) is -0.858. The number of nitrogens with zero attached hydrogens (tertiary/aromatic N) is 1. The second-order valence-corrected chi connectivity index (χ2v) is 9.93. The van der Waals surface area contributed by atoms with Crippen LogP contribution in [-0.4, -0.2) is 51.3 Å². The molecule has 6 heteroatoms. The predicted octanol–water partition coefficient (Wildman–Crippen LogP) is 2.37. The van der Waals surface area contributed by atoms with Crippen LogP contribution in [0.5, 0.6) is 0 Å². The zero-order chi connectivity index (χ0) is 18.8. The van der Waals surface area contributed by atoms with E-state index in [2.05, 4.69) is 32.9 Å². The van der Waals surface area contributed by atoms with Crippen molar-refractivity contribution in [1.82, 2.24) is 4.90 Å². The minimum atomic E-state index is -3.51. The minimum Gasteiger partial charge on any atom is -0.378 e. The summed E-state index contributed by atoms with van der Waals surface area (Å²) in [6.07, 6.45) is 0. The topological polar surface area (TPSA) is 63.7 Å². The smallest absolute Gasteiger partial charge is 0.237 e. The average molecular weight is 368 g/mol. The van der Waals surface area contributed by atoms with Gasteiger partial charge in [-0.15, -0.1) is 0 Å². The van der Waals surface area contributed by atoms with Crippen LogP contribution in [0, 0.1) is 13.8 Å². The molecule has 1 aromatic carbocycles. The molecule has 0 aliphatic carbocycles. The molecule has 25 heavy (non-hydrogen) atoms. The first-order chi connectivity index (χ1) is 11.5. The summed E-state index contributed by atoms with van der Waals surface area (Å²) in [5.41, 5.74) is 3.94. The molecule has 2 rings (SSSR count). The molecule has 0 unspecified atom stereocenters. The van der Waals surface area contributed by atoms with Crippen LogP contribution >= 0.6 is 0 Å². The van der Waals surface area contributed by atoms with Crippen molar-refractivity contribution in [2.24, 2.45) is 0 Å². The Hall–Kier alpha value is -1.40. The Balaban J connectivity index is 2.16. The van der Waals surface area contributed by atoms with Gasteiger partial charge in [0.05, 0.1) is 19.0 Å². The number of rotatable bonds is 4. The van der Waals surface area contributed by atoms with Crippen molar-refractivity contribution in [3.05, 3.63) is 34.4 Å². The lowest BCUT2D eigenvalue weighted by Crippen LogP contribution is -2.43. The fourth-order valence-electron chi connectivity index (χ4n) is 3.02. The number of hydrogen-bond acceptors (Lipinski definition) is 4. The third kappa shape index (κ3) is 5.28. The average Bonchev–Trinajstić information content (AvgIpc) is 2.50. The van der Waals surface area contributed by atoms with E-state index in [4.69, 9.17) is 4.74 Å². The monoisotopic (exact) mass is 367 g/mol. The number of carbonyl (C=O) groups is 1. The first-order valence-electron chi connectivity index (χ1n) is 8.66. The predicted molar refractivity (Wildman–Crippen MR) is 99.5 cm³/mol. The standard InChI is InChI=1S/C19H29NO4S/c1-14-10-16(19(3,4)5)11-15(2)17(14)12-25(22,23)13-18(21)20-6-8-24-9-7-20/h10-11H,6-9,12-13H2,1-5H3. The molecule has 0 spiro atoms. The SMILES string of the molecule is Cc1cc(C(C)(C)C)cc(C)c1CS(=O)(=O)CC(=O)N1CCOCC1. The molecule has 1 amide bonds. The summed E-state index contributed by atoms with van der Waals surface area (Å²) in [6.45, 7) is 12.2. The molecule has 0 saturated carbocycles. The maximum Gasteiger partial charge on any atom is 0.237 e. The largest absolute Gasteiger partial charge is 0.378 e. The van der Waals surface area contributed by atoms with Crippen LogP contribution in [0.3, 0.4) is 0 Å². The molecule has 5 nitrogen and oxygen atoms in total. The van der Waals surface area contributed by atoms with Gasteiger partial charge >= 0.3 is 0 Å². The fraction of sp³-hybridized carbons (Fsp3) is 0.632. The maximum atomic E-state index is 12.6. The number of sulfone groups is 1. The second kappa shape index (κ2) is 7.46. The van der Waals surface area contributed by atoms with Gasteiger partial charge in [0.15, 0.2) is 9.84 Å². The first-order valence-corrected chi connectivity index (χ1v) is 10.5. The zero-order valence-electron chi connectivity index (χ0n) is 15.9. The third-order valence-electron chi connectivity index (χ3n) is 4.63. The van der Waals surface area contributed by atoms with E-state index in [1.54, 1.807) is 4.90 Å². The highest BCUT2D eigenvalue weighted by Crippen LogP contribution is 2.28. The summed E-state index contributed by atoms with van der Waals surface area (Å²) in [7, 11) is -3.51. The molecule has 0 N–H and O–H groups in total. The number of hydrogen-bond donors (Lipinski definition) is 0. The van der Waals surface area contributed by atoms with Gasteiger partial charge in [0, 0.05) is 13.1 Å². The Bertz CT molecular complexity index is 718. The molecule has 1 aliphatic heterocycles. The summed E-state index contributed by atoms with van der Waals surface area (Å²) >= 11 is 0. The van der Waals surface area contributed by atoms with Crippen LogP contribution in [0.2, 0.25) is 0 Å². The molecule has 1 aliphatic rings. The number of amides is 1. The molecule has 140 valence electrons. The van der Waals surface area contributed by atoms with Crippen molar-refractivity contribution in [3.63, 3.8) is 0 Å². The third-order valence-corrected chi connectivity index (χ3v) is 6.05. The summed E-state index contributed by atoms with van der Waals surface area (Å²) in [6, 6.07) is 4.11. The number of morpholine rings is 1. The van der Waals surface area contributed by atoms with Crippen LogP contribution in [0.1, 0.15) is 43.0 Å². The molecule has 0 bridgehead atoms. The Kier molecular flexibility index (Phi) is 5.94. The molecule has 1 aromatic rings. The maximum absolute atomic E-state index is 12.6. The Labute approximate surface area is 151 Å². The number of carbonyl (C=O) groups excluding carboxylic acids is 1. The highest BCUT2D eigenvalue weighted by Gasteiger charge is 2.25. The second-order valence-electron chi connectivity index (χ2n) is 7.86. The van der Waals surface area contributed by atoms with Crippen LogP contribution in [-0.2, 0) is 30.5 Å². The number of benzene rings is 1.